The van der Waals surface area contributed by atoms with Crippen molar-refractivity contribution in [1.82, 2.24) is 4.90 Å². The number of nitrogens with zero attached hydrogens (tertiary/aromatic N) is 2. The number of carbonyl (C=O) groups is 3. The van der Waals surface area contributed by atoms with E-state index < -0.39 is 23.1 Å². The van der Waals surface area contributed by atoms with Crippen LogP contribution >= 0.6 is 12.4 Å². The number of ether oxygens (including phenoxy) is 3. The summed E-state index contributed by atoms with van der Waals surface area (Å²) >= 11 is 0. The Bertz CT molecular complexity index is 1170. The summed E-state index contributed by atoms with van der Waals surface area (Å²) in [6.45, 7) is 7.49. The second kappa shape index (κ2) is 20.0. The zero-order chi connectivity index (χ0) is 30.0. The minimum absolute atomic E-state index is 0. The molecule has 11 nitrogen and oxygen atoms in total. The zero-order valence-electron chi connectivity index (χ0n) is 24.2. The molecule has 0 spiro atoms. The average Bonchev–Trinajstić information content (AvgIpc) is 2.97. The Morgan fingerprint density at radius 3 is 2.31 bits per heavy atom. The molecule has 1 unspecified atom stereocenters. The molecule has 42 heavy (non-hydrogen) atoms. The second-order valence-corrected chi connectivity index (χ2v) is 9.04. The number of esters is 3. The molecule has 12 heteroatoms. The highest BCUT2D eigenvalue weighted by Gasteiger charge is 2.24. The van der Waals surface area contributed by atoms with E-state index in [4.69, 9.17) is 14.2 Å². The Hall–Kier alpha value is -3.96. The molecule has 0 N–H and O–H groups in total. The molecular weight excluding hydrogens is 568 g/mol. The van der Waals surface area contributed by atoms with Crippen LogP contribution < -0.4 is 4.74 Å². The van der Waals surface area contributed by atoms with E-state index in [1.807, 2.05) is 18.7 Å². The van der Waals surface area contributed by atoms with Gasteiger partial charge < -0.3 is 19.0 Å². The molecule has 2 rings (SSSR count). The number of halogens is 1. The van der Waals surface area contributed by atoms with Crippen LogP contribution in [0, 0.1) is 10.1 Å². The third kappa shape index (κ3) is 13.1. The monoisotopic (exact) mass is 606 g/mol. The fourth-order valence-electron chi connectivity index (χ4n) is 3.85. The SMILES string of the molecule is CCCCC(OC(=O)CN(CC)CC)c1ccccc1C(=O)Oc1ccc(/C=C/C(=O)OCCCO[N+](=O)[O-])cc1.Cl. The van der Waals surface area contributed by atoms with E-state index in [9.17, 15) is 24.5 Å². The van der Waals surface area contributed by atoms with Gasteiger partial charge in [0.15, 0.2) is 0 Å². The van der Waals surface area contributed by atoms with Crippen molar-refractivity contribution in [3.05, 3.63) is 81.4 Å². The Labute approximate surface area is 252 Å². The van der Waals surface area contributed by atoms with E-state index in [0.717, 1.165) is 25.9 Å². The number of rotatable bonds is 18. The number of unbranched alkanes of at least 4 members (excludes halogenated alkanes) is 1. The van der Waals surface area contributed by atoms with E-state index in [-0.39, 0.29) is 44.6 Å². The quantitative estimate of drug-likeness (QED) is 0.0527. The summed E-state index contributed by atoms with van der Waals surface area (Å²) in [5.74, 6) is -1.21. The van der Waals surface area contributed by atoms with Gasteiger partial charge in [0, 0.05) is 18.1 Å². The van der Waals surface area contributed by atoms with Crippen molar-refractivity contribution in [1.29, 1.82) is 0 Å². The lowest BCUT2D eigenvalue weighted by Gasteiger charge is -2.23. The maximum atomic E-state index is 13.2. The van der Waals surface area contributed by atoms with Crippen molar-refractivity contribution in [3.8, 4) is 5.75 Å². The van der Waals surface area contributed by atoms with Gasteiger partial charge in [0.05, 0.1) is 25.3 Å². The fourth-order valence-corrected chi connectivity index (χ4v) is 3.85. The maximum Gasteiger partial charge on any atom is 0.343 e. The van der Waals surface area contributed by atoms with Crippen LogP contribution in [0.3, 0.4) is 0 Å². The van der Waals surface area contributed by atoms with Gasteiger partial charge in [-0.15, -0.1) is 22.5 Å². The number of likely N-dealkylation sites (N-methyl/N-ethyl adjacent to an activating group) is 1. The summed E-state index contributed by atoms with van der Waals surface area (Å²) in [7, 11) is 0. The largest absolute Gasteiger partial charge is 0.462 e. The number of carbonyl (C=O) groups excluding carboxylic acids is 3. The highest BCUT2D eigenvalue weighted by Crippen LogP contribution is 2.28. The molecule has 230 valence electrons. The lowest BCUT2D eigenvalue weighted by atomic mass is 9.98. The average molecular weight is 607 g/mol. The first-order chi connectivity index (χ1) is 19.8. The predicted octanol–water partition coefficient (Wildman–Crippen LogP) is 5.60. The lowest BCUT2D eigenvalue weighted by Crippen LogP contribution is -2.31. The van der Waals surface area contributed by atoms with Gasteiger partial charge in [-0.1, -0.05) is 57.5 Å². The summed E-state index contributed by atoms with van der Waals surface area (Å²) in [6, 6.07) is 13.5. The molecule has 0 bridgehead atoms. The summed E-state index contributed by atoms with van der Waals surface area (Å²) in [6.07, 6.45) is 4.70. The van der Waals surface area contributed by atoms with E-state index in [2.05, 4.69) is 11.8 Å². The molecule has 2 aromatic carbocycles. The third-order valence-corrected chi connectivity index (χ3v) is 6.10. The van der Waals surface area contributed by atoms with Crippen LogP contribution in [-0.4, -0.2) is 60.7 Å². The Morgan fingerprint density at radius 2 is 1.67 bits per heavy atom. The van der Waals surface area contributed by atoms with Crippen molar-refractivity contribution in [2.45, 2.75) is 52.6 Å². The summed E-state index contributed by atoms with van der Waals surface area (Å²) < 4.78 is 16.4. The van der Waals surface area contributed by atoms with Gasteiger partial charge in [-0.05, 0) is 55.8 Å². The van der Waals surface area contributed by atoms with Crippen LogP contribution in [0.5, 0.6) is 5.75 Å². The van der Waals surface area contributed by atoms with E-state index in [0.29, 0.717) is 28.9 Å². The van der Waals surface area contributed by atoms with Crippen LogP contribution in [0.4, 0.5) is 0 Å². The molecule has 0 radical (unpaired) electrons. The maximum absolute atomic E-state index is 13.2. The topological polar surface area (TPSA) is 135 Å². The fraction of sp³-hybridized carbons (Fsp3) is 0.433. The van der Waals surface area contributed by atoms with Gasteiger partial charge in [-0.2, -0.15) is 0 Å². The second-order valence-electron chi connectivity index (χ2n) is 9.04. The van der Waals surface area contributed by atoms with E-state index in [1.165, 1.54) is 12.2 Å². The molecule has 0 aliphatic carbocycles. The molecule has 1 atom stereocenters. The molecule has 0 amide bonds. The smallest absolute Gasteiger partial charge is 0.343 e. The summed E-state index contributed by atoms with van der Waals surface area (Å²) in [4.78, 5) is 53.8. The minimum Gasteiger partial charge on any atom is -0.462 e. The Kier molecular flexibility index (Phi) is 17.2. The van der Waals surface area contributed by atoms with Crippen molar-refractivity contribution in [3.63, 3.8) is 0 Å². The molecular formula is C30H39ClN2O9. The van der Waals surface area contributed by atoms with E-state index >= 15 is 0 Å². The predicted molar refractivity (Wildman–Crippen MR) is 159 cm³/mol. The molecule has 2 aromatic rings. The number of benzene rings is 2. The molecule has 0 aliphatic heterocycles. The molecule has 0 aromatic heterocycles. The van der Waals surface area contributed by atoms with E-state index in [1.54, 1.807) is 48.5 Å². The summed E-state index contributed by atoms with van der Waals surface area (Å²) in [5, 5.41) is 9.18. The first-order valence-corrected chi connectivity index (χ1v) is 13.7. The van der Waals surface area contributed by atoms with Gasteiger partial charge >= 0.3 is 17.9 Å². The highest BCUT2D eigenvalue weighted by molar-refractivity contribution is 5.93. The molecule has 0 heterocycles. The first-order valence-electron chi connectivity index (χ1n) is 13.7. The van der Waals surface area contributed by atoms with Crippen molar-refractivity contribution in [2.24, 2.45) is 0 Å². The van der Waals surface area contributed by atoms with Gasteiger partial charge in [0.25, 0.3) is 5.09 Å². The van der Waals surface area contributed by atoms with Crippen molar-refractivity contribution >= 4 is 36.4 Å². The Morgan fingerprint density at radius 1 is 0.976 bits per heavy atom. The molecule has 0 fully saturated rings. The Balaban J connectivity index is 0.00000882. The normalized spacial score (nSPS) is 11.4. The third-order valence-electron chi connectivity index (χ3n) is 6.10. The van der Waals surface area contributed by atoms with Gasteiger partial charge in [0.1, 0.15) is 11.9 Å². The summed E-state index contributed by atoms with van der Waals surface area (Å²) in [5.41, 5.74) is 1.58. The minimum atomic E-state index is -0.905. The molecule has 0 saturated carbocycles. The van der Waals surface area contributed by atoms with Crippen LogP contribution in [-0.2, 0) is 23.9 Å². The lowest BCUT2D eigenvalue weighted by molar-refractivity contribution is -0.757. The molecule has 0 saturated heterocycles. The van der Waals surface area contributed by atoms with Gasteiger partial charge in [0.2, 0.25) is 0 Å². The van der Waals surface area contributed by atoms with Gasteiger partial charge in [-0.3, -0.25) is 9.69 Å². The number of hydrogen-bond acceptors (Lipinski definition) is 10. The first kappa shape index (κ1) is 36.1. The van der Waals surface area contributed by atoms with Crippen molar-refractivity contribution in [2.75, 3.05) is 32.8 Å². The van der Waals surface area contributed by atoms with Crippen molar-refractivity contribution < 1.29 is 38.5 Å². The van der Waals surface area contributed by atoms with Crippen LogP contribution in [0.1, 0.15) is 74.0 Å². The van der Waals surface area contributed by atoms with Gasteiger partial charge in [-0.25, -0.2) is 9.59 Å². The van der Waals surface area contributed by atoms with Crippen LogP contribution in [0.25, 0.3) is 6.08 Å². The number of hydrogen-bond donors (Lipinski definition) is 0. The standard InChI is InChI=1S/C30H38N2O9.ClH/c1-4-7-13-27(41-29(34)22-31(5-2)6-3)25-11-8-9-12-26(25)30(35)40-24-17-14-23(15-18-24)16-19-28(33)38-20-10-21-39-32(36)37;/h8-9,11-12,14-19,27H,4-7,10,13,20-22H2,1-3H3;1H/b19-16+;. The highest BCUT2D eigenvalue weighted by atomic mass is 35.5. The van der Waals surface area contributed by atoms with Crippen LogP contribution in [0.2, 0.25) is 0 Å². The van der Waals surface area contributed by atoms with Crippen LogP contribution in [0.15, 0.2) is 54.6 Å². The molecule has 0 aliphatic rings. The zero-order valence-corrected chi connectivity index (χ0v) is 25.0.